The molecule has 0 unspecified atom stereocenters. The molecule has 0 amide bonds. The summed E-state index contributed by atoms with van der Waals surface area (Å²) in [6.07, 6.45) is -0.308. The molecule has 152 valence electrons. The van der Waals surface area contributed by atoms with Crippen LogP contribution in [-0.4, -0.2) is 37.7 Å². The van der Waals surface area contributed by atoms with Crippen molar-refractivity contribution in [3.63, 3.8) is 0 Å². The van der Waals surface area contributed by atoms with E-state index in [4.69, 9.17) is 25.8 Å². The maximum atomic E-state index is 13.1. The first-order chi connectivity index (χ1) is 13.5. The first-order valence-electron chi connectivity index (χ1n) is 9.51. The molecule has 0 spiro atoms. The Bertz CT molecular complexity index is 781. The molecular formula is C22H26ClFO4. The molecule has 28 heavy (non-hydrogen) atoms. The highest BCUT2D eigenvalue weighted by molar-refractivity contribution is 6.31. The Hall–Kier alpha value is -1.82. The molecule has 0 bridgehead atoms. The van der Waals surface area contributed by atoms with E-state index in [9.17, 15) is 9.50 Å². The largest absolute Gasteiger partial charge is 0.496 e. The summed E-state index contributed by atoms with van der Waals surface area (Å²) < 4.78 is 29.9. The topological polar surface area (TPSA) is 47.9 Å². The fourth-order valence-corrected chi connectivity index (χ4v) is 3.78. The lowest BCUT2D eigenvalue weighted by atomic mass is 9.93. The number of hydrogen-bond donors (Lipinski definition) is 1. The van der Waals surface area contributed by atoms with Gasteiger partial charge in [0.15, 0.2) is 0 Å². The van der Waals surface area contributed by atoms with Crippen molar-refractivity contribution in [1.82, 2.24) is 0 Å². The molecule has 0 saturated carbocycles. The van der Waals surface area contributed by atoms with Crippen molar-refractivity contribution in [3.8, 4) is 11.5 Å². The summed E-state index contributed by atoms with van der Waals surface area (Å²) in [5.74, 6) is 1.41. The molecule has 1 fully saturated rings. The second kappa shape index (κ2) is 9.59. The smallest absolute Gasteiger partial charge is 0.126 e. The Morgan fingerprint density at radius 1 is 1.21 bits per heavy atom. The molecule has 1 aliphatic heterocycles. The molecule has 1 heterocycles. The van der Waals surface area contributed by atoms with Gasteiger partial charge in [0.1, 0.15) is 18.2 Å². The number of rotatable bonds is 7. The monoisotopic (exact) mass is 408 g/mol. The standard InChI is InChI=1S/C22H26ClFO4/c1-3-27-17-6-4-14(5-7-17)8-15-9-19(21(26-2)12-20(15)23)22-11-16(25)10-18(13-24)28-22/h4-7,9,12,16,18,22,25H,3,8,10-11,13H2,1-2H3/t16-,18-,22+/m0/s1. The first kappa shape index (κ1) is 20.9. The Morgan fingerprint density at radius 3 is 2.61 bits per heavy atom. The maximum absolute atomic E-state index is 13.1. The lowest BCUT2D eigenvalue weighted by molar-refractivity contribution is -0.105. The third-order valence-corrected chi connectivity index (χ3v) is 5.28. The zero-order valence-corrected chi connectivity index (χ0v) is 16.9. The molecule has 4 nitrogen and oxygen atoms in total. The summed E-state index contributed by atoms with van der Waals surface area (Å²) in [4.78, 5) is 0. The van der Waals surface area contributed by atoms with Gasteiger partial charge in [-0.3, -0.25) is 0 Å². The van der Waals surface area contributed by atoms with Crippen LogP contribution < -0.4 is 9.47 Å². The summed E-state index contributed by atoms with van der Waals surface area (Å²) in [6.45, 7) is 1.95. The van der Waals surface area contributed by atoms with Gasteiger partial charge in [0, 0.05) is 23.4 Å². The third kappa shape index (κ3) is 4.96. The molecule has 6 heteroatoms. The van der Waals surface area contributed by atoms with Crippen molar-refractivity contribution >= 4 is 11.6 Å². The van der Waals surface area contributed by atoms with Crippen LogP contribution in [0.25, 0.3) is 0 Å². The van der Waals surface area contributed by atoms with E-state index in [-0.39, 0.29) is 0 Å². The Balaban J connectivity index is 1.87. The van der Waals surface area contributed by atoms with Gasteiger partial charge in [-0.15, -0.1) is 0 Å². The van der Waals surface area contributed by atoms with Gasteiger partial charge in [0.2, 0.25) is 0 Å². The number of aliphatic hydroxyl groups is 1. The zero-order chi connectivity index (χ0) is 20.1. The van der Waals surface area contributed by atoms with Crippen LogP contribution in [0.15, 0.2) is 36.4 Å². The maximum Gasteiger partial charge on any atom is 0.126 e. The highest BCUT2D eigenvalue weighted by Gasteiger charge is 2.31. The summed E-state index contributed by atoms with van der Waals surface area (Å²) in [5.41, 5.74) is 2.79. The van der Waals surface area contributed by atoms with E-state index < -0.39 is 25.0 Å². The normalized spacial score (nSPS) is 22.1. The minimum Gasteiger partial charge on any atom is -0.496 e. The van der Waals surface area contributed by atoms with Crippen LogP contribution in [-0.2, 0) is 11.2 Å². The molecule has 1 N–H and O–H groups in total. The fourth-order valence-electron chi connectivity index (χ4n) is 3.56. The van der Waals surface area contributed by atoms with Crippen molar-refractivity contribution in [3.05, 3.63) is 58.1 Å². The lowest BCUT2D eigenvalue weighted by Crippen LogP contribution is -2.32. The number of benzene rings is 2. The van der Waals surface area contributed by atoms with Crippen molar-refractivity contribution in [2.75, 3.05) is 20.4 Å². The van der Waals surface area contributed by atoms with Gasteiger partial charge in [0.25, 0.3) is 0 Å². The number of halogens is 2. The molecule has 0 aliphatic carbocycles. The molecule has 0 aromatic heterocycles. The van der Waals surface area contributed by atoms with Gasteiger partial charge in [-0.1, -0.05) is 23.7 Å². The number of hydrogen-bond acceptors (Lipinski definition) is 4. The highest BCUT2D eigenvalue weighted by atomic mass is 35.5. The van der Waals surface area contributed by atoms with Gasteiger partial charge in [0.05, 0.1) is 32.0 Å². The molecule has 3 atom stereocenters. The Labute approximate surface area is 170 Å². The van der Waals surface area contributed by atoms with Crippen molar-refractivity contribution in [2.24, 2.45) is 0 Å². The van der Waals surface area contributed by atoms with E-state index >= 15 is 0 Å². The SMILES string of the molecule is CCOc1ccc(Cc2cc([C@H]3C[C@@H](O)C[C@@H](CF)O3)c(OC)cc2Cl)cc1. The average molecular weight is 409 g/mol. The predicted molar refractivity (Wildman–Crippen MR) is 107 cm³/mol. The van der Waals surface area contributed by atoms with Gasteiger partial charge < -0.3 is 19.3 Å². The second-order valence-corrected chi connectivity index (χ2v) is 7.37. The fraction of sp³-hybridized carbons (Fsp3) is 0.455. The van der Waals surface area contributed by atoms with Crippen molar-refractivity contribution in [1.29, 1.82) is 0 Å². The molecule has 1 saturated heterocycles. The zero-order valence-electron chi connectivity index (χ0n) is 16.2. The van der Waals surface area contributed by atoms with E-state index in [1.807, 2.05) is 37.3 Å². The summed E-state index contributed by atoms with van der Waals surface area (Å²) in [5, 5.41) is 10.7. The quantitative estimate of drug-likeness (QED) is 0.708. The van der Waals surface area contributed by atoms with Crippen LogP contribution in [0.5, 0.6) is 11.5 Å². The average Bonchev–Trinajstić information content (AvgIpc) is 2.70. The highest BCUT2D eigenvalue weighted by Crippen LogP contribution is 2.39. The van der Waals surface area contributed by atoms with Crippen LogP contribution >= 0.6 is 11.6 Å². The van der Waals surface area contributed by atoms with E-state index in [1.165, 1.54) is 0 Å². The number of methoxy groups -OCH3 is 1. The lowest BCUT2D eigenvalue weighted by Gasteiger charge is -2.33. The van der Waals surface area contributed by atoms with Gasteiger partial charge in [-0.05, 0) is 48.7 Å². The van der Waals surface area contributed by atoms with Crippen LogP contribution in [0.1, 0.15) is 42.6 Å². The van der Waals surface area contributed by atoms with E-state index in [1.54, 1.807) is 13.2 Å². The molecule has 0 radical (unpaired) electrons. The first-order valence-corrected chi connectivity index (χ1v) is 9.89. The third-order valence-electron chi connectivity index (χ3n) is 4.92. The van der Waals surface area contributed by atoms with Crippen LogP contribution in [0, 0.1) is 0 Å². The number of alkyl halides is 1. The van der Waals surface area contributed by atoms with Crippen LogP contribution in [0.2, 0.25) is 5.02 Å². The summed E-state index contributed by atoms with van der Waals surface area (Å²) >= 11 is 6.48. The molecule has 3 rings (SSSR count). The summed E-state index contributed by atoms with van der Waals surface area (Å²) in [6, 6.07) is 11.6. The Kier molecular flexibility index (Phi) is 7.16. The van der Waals surface area contributed by atoms with E-state index in [0.717, 1.165) is 22.4 Å². The second-order valence-electron chi connectivity index (χ2n) is 6.97. The van der Waals surface area contributed by atoms with Crippen molar-refractivity contribution in [2.45, 2.75) is 44.5 Å². The van der Waals surface area contributed by atoms with Gasteiger partial charge in [-0.2, -0.15) is 0 Å². The Morgan fingerprint density at radius 2 is 1.96 bits per heavy atom. The molecular weight excluding hydrogens is 383 g/mol. The molecule has 2 aromatic rings. The van der Waals surface area contributed by atoms with Crippen molar-refractivity contribution < 1.29 is 23.7 Å². The van der Waals surface area contributed by atoms with Gasteiger partial charge >= 0.3 is 0 Å². The van der Waals surface area contributed by atoms with Crippen LogP contribution in [0.3, 0.4) is 0 Å². The number of ether oxygens (including phenoxy) is 3. The minimum atomic E-state index is -0.623. The van der Waals surface area contributed by atoms with E-state index in [2.05, 4.69) is 0 Å². The molecule has 2 aromatic carbocycles. The predicted octanol–water partition coefficient (Wildman–Crippen LogP) is 4.89. The minimum absolute atomic E-state index is 0.307. The van der Waals surface area contributed by atoms with Gasteiger partial charge in [-0.25, -0.2) is 4.39 Å². The number of aliphatic hydroxyl groups excluding tert-OH is 1. The molecule has 1 aliphatic rings. The van der Waals surface area contributed by atoms with E-state index in [0.29, 0.717) is 36.6 Å². The van der Waals surface area contributed by atoms with Crippen LogP contribution in [0.4, 0.5) is 4.39 Å². The summed E-state index contributed by atoms with van der Waals surface area (Å²) in [7, 11) is 1.56.